The molecule has 2 N–H and O–H groups in total. The Balaban J connectivity index is 2.58. The number of rotatable bonds is 3. The van der Waals surface area contributed by atoms with Crippen molar-refractivity contribution in [2.75, 3.05) is 5.32 Å². The Kier molecular flexibility index (Phi) is 3.02. The van der Waals surface area contributed by atoms with Gasteiger partial charge in [-0.3, -0.25) is 0 Å². The third-order valence-electron chi connectivity index (χ3n) is 1.34. The van der Waals surface area contributed by atoms with Gasteiger partial charge in [0.25, 0.3) is 0 Å². The highest BCUT2D eigenvalue weighted by molar-refractivity contribution is 5.68. The van der Waals surface area contributed by atoms with Gasteiger partial charge in [-0.05, 0) is 24.6 Å². The molecule has 0 atom stereocenters. The fourth-order valence-electron chi connectivity index (χ4n) is 0.735. The first-order chi connectivity index (χ1) is 5.83. The molecular weight excluding hydrogens is 150 g/mol. The number of hydrogen-bond acceptors (Lipinski definition) is 3. The maximum atomic E-state index is 6.73. The number of aryl methyl sites for hydroxylation is 1. The molecule has 0 bridgehead atoms. The largest absolute Gasteiger partial charge is 0.347 e. The highest BCUT2D eigenvalue weighted by Gasteiger charge is 1.87. The third-order valence-corrected chi connectivity index (χ3v) is 1.34. The van der Waals surface area contributed by atoms with Crippen LogP contribution in [0.15, 0.2) is 30.6 Å². The van der Waals surface area contributed by atoms with Crippen molar-refractivity contribution in [1.82, 2.24) is 4.98 Å². The predicted octanol–water partition coefficient (Wildman–Crippen LogP) is 1.97. The second kappa shape index (κ2) is 4.28. The van der Waals surface area contributed by atoms with Crippen LogP contribution in [-0.2, 0) is 0 Å². The van der Waals surface area contributed by atoms with Gasteiger partial charge in [-0.1, -0.05) is 6.07 Å². The molecule has 12 heavy (non-hydrogen) atoms. The standard InChI is InChI=1S/C9H11N3/c1-8-3-4-9(12-7-8)11-6-2-5-10/h2-7,10H,1H3,(H,11,12)/b6-2-,10-5?. The van der Waals surface area contributed by atoms with E-state index in [1.807, 2.05) is 19.1 Å². The molecule has 0 radical (unpaired) electrons. The Labute approximate surface area is 71.7 Å². The Hall–Kier alpha value is -1.64. The molecule has 0 aliphatic carbocycles. The Morgan fingerprint density at radius 3 is 2.92 bits per heavy atom. The summed E-state index contributed by atoms with van der Waals surface area (Å²) in [5, 5.41) is 9.66. The van der Waals surface area contributed by atoms with Crippen LogP contribution in [0.5, 0.6) is 0 Å². The molecule has 1 aromatic heterocycles. The van der Waals surface area contributed by atoms with Gasteiger partial charge in [0.1, 0.15) is 5.82 Å². The average Bonchev–Trinajstić information content (AvgIpc) is 2.09. The predicted molar refractivity (Wildman–Crippen MR) is 50.5 cm³/mol. The van der Waals surface area contributed by atoms with Crippen LogP contribution in [0.25, 0.3) is 0 Å². The van der Waals surface area contributed by atoms with E-state index in [1.165, 1.54) is 6.21 Å². The highest BCUT2D eigenvalue weighted by atomic mass is 15.0. The van der Waals surface area contributed by atoms with Crippen molar-refractivity contribution < 1.29 is 0 Å². The Morgan fingerprint density at radius 1 is 1.50 bits per heavy atom. The molecule has 1 heterocycles. The first-order valence-electron chi connectivity index (χ1n) is 3.68. The van der Waals surface area contributed by atoms with Gasteiger partial charge in [-0.15, -0.1) is 0 Å². The van der Waals surface area contributed by atoms with Crippen molar-refractivity contribution in [3.05, 3.63) is 36.2 Å². The summed E-state index contributed by atoms with van der Waals surface area (Å²) in [7, 11) is 0. The Morgan fingerprint density at radius 2 is 2.33 bits per heavy atom. The summed E-state index contributed by atoms with van der Waals surface area (Å²) in [5.41, 5.74) is 1.14. The monoisotopic (exact) mass is 161 g/mol. The zero-order valence-corrected chi connectivity index (χ0v) is 6.91. The van der Waals surface area contributed by atoms with E-state index in [2.05, 4.69) is 10.3 Å². The fourth-order valence-corrected chi connectivity index (χ4v) is 0.735. The molecule has 0 spiro atoms. The number of nitrogens with zero attached hydrogens (tertiary/aromatic N) is 1. The van der Waals surface area contributed by atoms with Crippen molar-refractivity contribution in [3.8, 4) is 0 Å². The number of allylic oxidation sites excluding steroid dienone is 1. The molecule has 1 aromatic rings. The summed E-state index contributed by atoms with van der Waals surface area (Å²) >= 11 is 0. The van der Waals surface area contributed by atoms with Crippen molar-refractivity contribution in [2.45, 2.75) is 6.92 Å². The molecule has 0 aliphatic heterocycles. The fraction of sp³-hybridized carbons (Fsp3) is 0.111. The zero-order valence-electron chi connectivity index (χ0n) is 6.91. The van der Waals surface area contributed by atoms with E-state index in [1.54, 1.807) is 18.5 Å². The first kappa shape index (κ1) is 8.46. The number of aromatic nitrogens is 1. The lowest BCUT2D eigenvalue weighted by atomic mass is 10.3. The molecule has 0 saturated carbocycles. The molecule has 1 rings (SSSR count). The van der Waals surface area contributed by atoms with E-state index in [0.717, 1.165) is 11.4 Å². The van der Waals surface area contributed by atoms with Crippen LogP contribution in [0, 0.1) is 12.3 Å². The summed E-state index contributed by atoms with van der Waals surface area (Å²) in [6, 6.07) is 3.87. The van der Waals surface area contributed by atoms with Crippen LogP contribution in [0.2, 0.25) is 0 Å². The normalized spacial score (nSPS) is 10.1. The molecule has 3 heteroatoms. The maximum absolute atomic E-state index is 6.73. The summed E-state index contributed by atoms with van der Waals surface area (Å²) in [5.74, 6) is 0.790. The van der Waals surface area contributed by atoms with Crippen molar-refractivity contribution in [3.63, 3.8) is 0 Å². The summed E-state index contributed by atoms with van der Waals surface area (Å²) < 4.78 is 0. The lowest BCUT2D eigenvalue weighted by molar-refractivity contribution is 1.26. The van der Waals surface area contributed by atoms with Gasteiger partial charge in [0, 0.05) is 18.6 Å². The van der Waals surface area contributed by atoms with Crippen LogP contribution in [0.4, 0.5) is 5.82 Å². The van der Waals surface area contributed by atoms with E-state index in [9.17, 15) is 0 Å². The minimum atomic E-state index is 0.790. The molecule has 0 fully saturated rings. The SMILES string of the molecule is Cc1ccc(N/C=C\C=N)nc1. The minimum absolute atomic E-state index is 0.790. The molecular formula is C9H11N3. The quantitative estimate of drug-likeness (QED) is 0.666. The van der Waals surface area contributed by atoms with E-state index >= 15 is 0 Å². The molecule has 0 aliphatic rings. The second-order valence-electron chi connectivity index (χ2n) is 2.39. The zero-order chi connectivity index (χ0) is 8.81. The van der Waals surface area contributed by atoms with E-state index in [-0.39, 0.29) is 0 Å². The van der Waals surface area contributed by atoms with Crippen molar-refractivity contribution in [1.29, 1.82) is 5.41 Å². The highest BCUT2D eigenvalue weighted by Crippen LogP contribution is 2.02. The van der Waals surface area contributed by atoms with Crippen LogP contribution >= 0.6 is 0 Å². The van der Waals surface area contributed by atoms with Crippen molar-refractivity contribution >= 4 is 12.0 Å². The van der Waals surface area contributed by atoms with Crippen molar-refractivity contribution in [2.24, 2.45) is 0 Å². The summed E-state index contributed by atoms with van der Waals surface area (Å²) in [4.78, 5) is 4.11. The topological polar surface area (TPSA) is 48.8 Å². The molecule has 0 aromatic carbocycles. The van der Waals surface area contributed by atoms with Gasteiger partial charge in [0.15, 0.2) is 0 Å². The average molecular weight is 161 g/mol. The smallest absolute Gasteiger partial charge is 0.129 e. The summed E-state index contributed by atoms with van der Waals surface area (Å²) in [6.07, 6.45) is 6.27. The third kappa shape index (κ3) is 2.54. The van der Waals surface area contributed by atoms with Gasteiger partial charge in [0.2, 0.25) is 0 Å². The van der Waals surface area contributed by atoms with Gasteiger partial charge in [0.05, 0.1) is 0 Å². The first-order valence-corrected chi connectivity index (χ1v) is 3.68. The number of pyridine rings is 1. The number of anilines is 1. The number of nitrogens with one attached hydrogen (secondary N) is 2. The van der Waals surface area contributed by atoms with E-state index < -0.39 is 0 Å². The van der Waals surface area contributed by atoms with Crippen LogP contribution < -0.4 is 5.32 Å². The van der Waals surface area contributed by atoms with E-state index in [0.29, 0.717) is 0 Å². The van der Waals surface area contributed by atoms with Crippen LogP contribution in [0.1, 0.15) is 5.56 Å². The summed E-state index contributed by atoms with van der Waals surface area (Å²) in [6.45, 7) is 1.99. The van der Waals surface area contributed by atoms with E-state index in [4.69, 9.17) is 5.41 Å². The minimum Gasteiger partial charge on any atom is -0.347 e. The Bertz CT molecular complexity index is 274. The molecule has 3 nitrogen and oxygen atoms in total. The molecule has 0 amide bonds. The molecule has 62 valence electrons. The van der Waals surface area contributed by atoms with Crippen LogP contribution in [0.3, 0.4) is 0 Å². The van der Waals surface area contributed by atoms with Gasteiger partial charge < -0.3 is 10.7 Å². The molecule has 0 saturated heterocycles. The van der Waals surface area contributed by atoms with Gasteiger partial charge in [-0.2, -0.15) is 0 Å². The lowest BCUT2D eigenvalue weighted by Gasteiger charge is -1.98. The maximum Gasteiger partial charge on any atom is 0.129 e. The van der Waals surface area contributed by atoms with Gasteiger partial charge in [-0.25, -0.2) is 4.98 Å². The van der Waals surface area contributed by atoms with Crippen LogP contribution in [-0.4, -0.2) is 11.2 Å². The lowest BCUT2D eigenvalue weighted by Crippen LogP contribution is -1.90. The van der Waals surface area contributed by atoms with Gasteiger partial charge >= 0.3 is 0 Å². The second-order valence-corrected chi connectivity index (χ2v) is 2.39. The molecule has 0 unspecified atom stereocenters. The number of hydrogen-bond donors (Lipinski definition) is 2.